The zero-order valence-corrected chi connectivity index (χ0v) is 18.1. The first-order chi connectivity index (χ1) is 14.7. The van der Waals surface area contributed by atoms with Crippen molar-refractivity contribution in [1.82, 2.24) is 19.7 Å². The minimum Gasteiger partial charge on any atom is -0.461 e. The van der Waals surface area contributed by atoms with Crippen LogP contribution in [0, 0.1) is 27.7 Å². The van der Waals surface area contributed by atoms with Crippen LogP contribution in [0.1, 0.15) is 60.8 Å². The highest BCUT2D eigenvalue weighted by atomic mass is 16.5. The Hall–Kier alpha value is -3.75. The molecule has 0 amide bonds. The lowest BCUT2D eigenvalue weighted by Crippen LogP contribution is -2.16. The van der Waals surface area contributed by atoms with Gasteiger partial charge in [-0.25, -0.2) is 19.3 Å². The van der Waals surface area contributed by atoms with Crippen LogP contribution >= 0.6 is 0 Å². The summed E-state index contributed by atoms with van der Waals surface area (Å²) in [6.07, 6.45) is 1.38. The third-order valence-corrected chi connectivity index (χ3v) is 4.74. The van der Waals surface area contributed by atoms with E-state index < -0.39 is 24.3 Å². The second kappa shape index (κ2) is 8.95. The molecule has 0 aliphatic carbocycles. The molecule has 3 aromatic heterocycles. The zero-order valence-electron chi connectivity index (χ0n) is 18.1. The molecule has 0 aliphatic rings. The summed E-state index contributed by atoms with van der Waals surface area (Å²) in [6.45, 7) is 8.58. The van der Waals surface area contributed by atoms with E-state index >= 15 is 0 Å². The van der Waals surface area contributed by atoms with Gasteiger partial charge in [0.05, 0.1) is 17.9 Å². The highest BCUT2D eigenvalue weighted by molar-refractivity contribution is 6.04. The maximum absolute atomic E-state index is 12.6. The topological polar surface area (TPSA) is 116 Å². The summed E-state index contributed by atoms with van der Waals surface area (Å²) in [7, 11) is 0. The number of Topliss-reactive ketones (excluding diaryl/α,β-unsaturated/α-hetero) is 1. The van der Waals surface area contributed by atoms with Crippen LogP contribution in [0.2, 0.25) is 0 Å². The lowest BCUT2D eigenvalue weighted by atomic mass is 10.1. The third kappa shape index (κ3) is 4.55. The lowest BCUT2D eigenvalue weighted by molar-refractivity contribution is 0.0472. The van der Waals surface area contributed by atoms with E-state index in [0.29, 0.717) is 22.6 Å². The summed E-state index contributed by atoms with van der Waals surface area (Å²) in [5, 5.41) is 4.35. The number of aryl methyl sites for hydroxylation is 3. The van der Waals surface area contributed by atoms with Gasteiger partial charge in [-0.05, 0) is 58.4 Å². The first-order valence-corrected chi connectivity index (χ1v) is 9.79. The smallest absolute Gasteiger partial charge is 0.355 e. The molecule has 9 heteroatoms. The van der Waals surface area contributed by atoms with Crippen LogP contribution < -0.4 is 0 Å². The van der Waals surface area contributed by atoms with Gasteiger partial charge in [0.25, 0.3) is 0 Å². The Morgan fingerprint density at radius 3 is 2.39 bits per heavy atom. The molecule has 0 atom stereocenters. The first-order valence-electron chi connectivity index (χ1n) is 9.79. The molecule has 0 radical (unpaired) electrons. The third-order valence-electron chi connectivity index (χ3n) is 4.74. The van der Waals surface area contributed by atoms with E-state index in [1.807, 2.05) is 19.9 Å². The molecule has 0 bridgehead atoms. The number of hydrogen-bond acceptors (Lipinski definition) is 7. The van der Waals surface area contributed by atoms with Crippen molar-refractivity contribution in [3.63, 3.8) is 0 Å². The van der Waals surface area contributed by atoms with Gasteiger partial charge in [0.1, 0.15) is 5.69 Å². The summed E-state index contributed by atoms with van der Waals surface area (Å²) in [6, 6.07) is 5.15. The molecule has 3 rings (SSSR count). The number of ketones is 1. The Morgan fingerprint density at radius 2 is 1.81 bits per heavy atom. The monoisotopic (exact) mass is 424 g/mol. The highest BCUT2D eigenvalue weighted by Crippen LogP contribution is 2.20. The number of ether oxygens (including phenoxy) is 2. The van der Waals surface area contributed by atoms with Crippen LogP contribution in [0.4, 0.5) is 0 Å². The van der Waals surface area contributed by atoms with Crippen LogP contribution in [0.3, 0.4) is 0 Å². The molecule has 0 fully saturated rings. The Morgan fingerprint density at radius 1 is 1.06 bits per heavy atom. The lowest BCUT2D eigenvalue weighted by Gasteiger charge is -2.07. The SMILES string of the molecule is CCOC(=O)c1[nH]c(C)c(C(=O)COC(=O)c2ccc(-n3nc(C)cc3C)nc2)c1C. The van der Waals surface area contributed by atoms with Gasteiger partial charge in [0.2, 0.25) is 5.78 Å². The van der Waals surface area contributed by atoms with E-state index in [1.54, 1.807) is 37.6 Å². The van der Waals surface area contributed by atoms with Gasteiger partial charge in [-0.15, -0.1) is 0 Å². The maximum atomic E-state index is 12.6. The van der Waals surface area contributed by atoms with Gasteiger partial charge in [-0.1, -0.05) is 0 Å². The molecule has 162 valence electrons. The predicted octanol–water partition coefficient (Wildman–Crippen LogP) is 3.05. The van der Waals surface area contributed by atoms with Crippen molar-refractivity contribution in [3.8, 4) is 5.82 Å². The number of H-pyrrole nitrogens is 1. The van der Waals surface area contributed by atoms with Crippen molar-refractivity contribution in [3.05, 3.63) is 63.9 Å². The van der Waals surface area contributed by atoms with Gasteiger partial charge in [0.15, 0.2) is 12.4 Å². The van der Waals surface area contributed by atoms with Crippen LogP contribution in [-0.4, -0.2) is 50.7 Å². The van der Waals surface area contributed by atoms with Gasteiger partial charge < -0.3 is 14.5 Å². The minimum atomic E-state index is -0.669. The average Bonchev–Trinajstić information content (AvgIpc) is 3.23. The van der Waals surface area contributed by atoms with Crippen molar-refractivity contribution >= 4 is 17.7 Å². The van der Waals surface area contributed by atoms with Crippen molar-refractivity contribution < 1.29 is 23.9 Å². The summed E-state index contributed by atoms with van der Waals surface area (Å²) >= 11 is 0. The molecular weight excluding hydrogens is 400 g/mol. The van der Waals surface area contributed by atoms with Crippen LogP contribution in [0.25, 0.3) is 5.82 Å². The van der Waals surface area contributed by atoms with E-state index in [9.17, 15) is 14.4 Å². The molecule has 31 heavy (non-hydrogen) atoms. The van der Waals surface area contributed by atoms with Crippen molar-refractivity contribution in [1.29, 1.82) is 0 Å². The molecule has 0 spiro atoms. The summed E-state index contributed by atoms with van der Waals surface area (Å²) in [5.74, 6) is -1.05. The number of carbonyl (C=O) groups is 3. The highest BCUT2D eigenvalue weighted by Gasteiger charge is 2.23. The number of pyridine rings is 1. The molecule has 9 nitrogen and oxygen atoms in total. The largest absolute Gasteiger partial charge is 0.461 e. The predicted molar refractivity (Wildman–Crippen MR) is 112 cm³/mol. The van der Waals surface area contributed by atoms with E-state index in [-0.39, 0.29) is 17.9 Å². The maximum Gasteiger partial charge on any atom is 0.355 e. The van der Waals surface area contributed by atoms with Crippen LogP contribution in [-0.2, 0) is 9.47 Å². The number of aromatic nitrogens is 4. The molecule has 0 saturated carbocycles. The van der Waals surface area contributed by atoms with Crippen molar-refractivity contribution in [2.75, 3.05) is 13.2 Å². The van der Waals surface area contributed by atoms with Gasteiger partial charge in [-0.3, -0.25) is 4.79 Å². The number of hydrogen-bond donors (Lipinski definition) is 1. The minimum absolute atomic E-state index is 0.216. The van der Waals surface area contributed by atoms with Crippen LogP contribution in [0.15, 0.2) is 24.4 Å². The molecule has 3 aromatic rings. The van der Waals surface area contributed by atoms with E-state index in [4.69, 9.17) is 9.47 Å². The molecule has 0 unspecified atom stereocenters. The Bertz CT molecular complexity index is 1140. The average molecular weight is 424 g/mol. The van der Waals surface area contributed by atoms with Crippen LogP contribution in [0.5, 0.6) is 0 Å². The summed E-state index contributed by atoms with van der Waals surface area (Å²) < 4.78 is 11.8. The second-order valence-electron chi connectivity index (χ2n) is 7.09. The van der Waals surface area contributed by atoms with E-state index in [0.717, 1.165) is 11.4 Å². The normalized spacial score (nSPS) is 10.7. The fourth-order valence-corrected chi connectivity index (χ4v) is 3.36. The molecule has 0 saturated heterocycles. The molecule has 0 aromatic carbocycles. The fraction of sp³-hybridized carbons (Fsp3) is 0.318. The Balaban J connectivity index is 1.68. The van der Waals surface area contributed by atoms with Crippen molar-refractivity contribution in [2.45, 2.75) is 34.6 Å². The first kappa shape index (κ1) is 21.9. The number of rotatable bonds is 7. The van der Waals surface area contributed by atoms with E-state index in [1.165, 1.54) is 6.20 Å². The molecule has 1 N–H and O–H groups in total. The van der Waals surface area contributed by atoms with E-state index in [2.05, 4.69) is 15.1 Å². The van der Waals surface area contributed by atoms with Crippen molar-refractivity contribution in [2.24, 2.45) is 0 Å². The molecule has 0 aliphatic heterocycles. The molecule has 3 heterocycles. The van der Waals surface area contributed by atoms with Gasteiger partial charge >= 0.3 is 11.9 Å². The number of carbonyl (C=O) groups excluding carboxylic acids is 3. The second-order valence-corrected chi connectivity index (χ2v) is 7.09. The van der Waals surface area contributed by atoms with Gasteiger partial charge in [0, 0.05) is 23.1 Å². The fourth-order valence-electron chi connectivity index (χ4n) is 3.36. The quantitative estimate of drug-likeness (QED) is 0.458. The Kier molecular flexibility index (Phi) is 6.33. The number of esters is 2. The summed E-state index contributed by atoms with van der Waals surface area (Å²) in [4.78, 5) is 44.1. The van der Waals surface area contributed by atoms with Gasteiger partial charge in [-0.2, -0.15) is 5.10 Å². The number of aromatic amines is 1. The number of nitrogens with zero attached hydrogens (tertiary/aromatic N) is 3. The summed E-state index contributed by atoms with van der Waals surface area (Å²) in [5.41, 5.74) is 3.51. The standard InChI is InChI=1S/C22H24N4O5/c1-6-30-22(29)20-14(4)19(15(5)24-20)17(27)11-31-21(28)16-7-8-18(23-10-16)26-13(3)9-12(2)25-26/h7-10,24H,6,11H2,1-5H3. The zero-order chi connectivity index (χ0) is 22.7. The Labute approximate surface area is 179 Å². The number of nitrogens with one attached hydrogen (secondary N) is 1. The molecular formula is C22H24N4O5.